The molecule has 1 aliphatic carbocycles. The van der Waals surface area contributed by atoms with Gasteiger partial charge in [-0.25, -0.2) is 4.79 Å². The summed E-state index contributed by atoms with van der Waals surface area (Å²) >= 11 is 0. The van der Waals surface area contributed by atoms with Gasteiger partial charge in [0.15, 0.2) is 0 Å². The molecule has 0 bridgehead atoms. The van der Waals surface area contributed by atoms with Gasteiger partial charge in [-0.1, -0.05) is 25.3 Å². The van der Waals surface area contributed by atoms with E-state index in [1.165, 1.54) is 6.42 Å². The van der Waals surface area contributed by atoms with E-state index in [4.69, 9.17) is 4.74 Å². The zero-order valence-corrected chi connectivity index (χ0v) is 16.0. The lowest BCUT2D eigenvalue weighted by Crippen LogP contribution is -2.48. The van der Waals surface area contributed by atoms with Gasteiger partial charge in [-0.3, -0.25) is 9.59 Å². The van der Waals surface area contributed by atoms with Crippen molar-refractivity contribution in [3.8, 4) is 0 Å². The molecule has 7 heteroatoms. The standard InChI is InChI=1S/C21H28N2O5/c24-19(14-6-2-1-3-7-14)22-17-10-4-8-15(12-17)20(25)23-18(21(26)27)16-9-5-11-28-13-16/h4,8,10,12,14,16,18H,1-3,5-7,9,11,13H2,(H,22,24)(H,23,25)(H,26,27). The fourth-order valence-electron chi connectivity index (χ4n) is 3.98. The van der Waals surface area contributed by atoms with Crippen molar-refractivity contribution < 1.29 is 24.2 Å². The first kappa shape index (κ1) is 20.3. The molecule has 0 aromatic heterocycles. The van der Waals surface area contributed by atoms with Gasteiger partial charge in [0.2, 0.25) is 5.91 Å². The maximum Gasteiger partial charge on any atom is 0.326 e. The number of carbonyl (C=O) groups excluding carboxylic acids is 2. The van der Waals surface area contributed by atoms with E-state index in [1.54, 1.807) is 24.3 Å². The second-order valence-corrected chi connectivity index (χ2v) is 7.67. The van der Waals surface area contributed by atoms with Crippen LogP contribution in [-0.4, -0.2) is 42.1 Å². The lowest BCUT2D eigenvalue weighted by molar-refractivity contribution is -0.142. The van der Waals surface area contributed by atoms with Crippen molar-refractivity contribution in [1.82, 2.24) is 5.32 Å². The Morgan fingerprint density at radius 3 is 2.54 bits per heavy atom. The predicted octanol–water partition coefficient (Wildman–Crippen LogP) is 2.82. The molecule has 1 saturated carbocycles. The number of hydrogen-bond donors (Lipinski definition) is 3. The molecular formula is C21H28N2O5. The summed E-state index contributed by atoms with van der Waals surface area (Å²) < 4.78 is 5.36. The molecule has 152 valence electrons. The number of benzene rings is 1. The normalized spacial score (nSPS) is 21.5. The molecule has 1 saturated heterocycles. The molecule has 2 atom stereocenters. The average Bonchev–Trinajstić information content (AvgIpc) is 2.73. The van der Waals surface area contributed by atoms with Crippen molar-refractivity contribution in [3.63, 3.8) is 0 Å². The summed E-state index contributed by atoms with van der Waals surface area (Å²) in [4.78, 5) is 36.7. The van der Waals surface area contributed by atoms with Crippen LogP contribution in [0.1, 0.15) is 55.3 Å². The summed E-state index contributed by atoms with van der Waals surface area (Å²) in [5, 5.41) is 15.0. The zero-order valence-electron chi connectivity index (χ0n) is 16.0. The number of ether oxygens (including phenoxy) is 1. The van der Waals surface area contributed by atoms with Crippen LogP contribution in [0, 0.1) is 11.8 Å². The van der Waals surface area contributed by atoms with E-state index < -0.39 is 17.9 Å². The molecule has 1 aromatic carbocycles. The summed E-state index contributed by atoms with van der Waals surface area (Å²) in [5.41, 5.74) is 0.875. The number of aliphatic carboxylic acids is 1. The van der Waals surface area contributed by atoms with Crippen LogP contribution in [0.5, 0.6) is 0 Å². The number of rotatable bonds is 6. The van der Waals surface area contributed by atoms with Gasteiger partial charge in [0.25, 0.3) is 5.91 Å². The molecule has 3 N–H and O–H groups in total. The number of nitrogens with one attached hydrogen (secondary N) is 2. The summed E-state index contributed by atoms with van der Waals surface area (Å²) in [6.45, 7) is 0.953. The Hall–Kier alpha value is -2.41. The van der Waals surface area contributed by atoms with Crippen LogP contribution in [0.3, 0.4) is 0 Å². The monoisotopic (exact) mass is 388 g/mol. The number of hydrogen-bond acceptors (Lipinski definition) is 4. The summed E-state index contributed by atoms with van der Waals surface area (Å²) in [5.74, 6) is -1.77. The fraction of sp³-hybridized carbons (Fsp3) is 0.571. The first-order valence-electron chi connectivity index (χ1n) is 10.1. The van der Waals surface area contributed by atoms with Crippen molar-refractivity contribution >= 4 is 23.5 Å². The Kier molecular flexibility index (Phi) is 7.03. The van der Waals surface area contributed by atoms with Crippen LogP contribution >= 0.6 is 0 Å². The Morgan fingerprint density at radius 1 is 1.07 bits per heavy atom. The highest BCUT2D eigenvalue weighted by Crippen LogP contribution is 2.25. The lowest BCUT2D eigenvalue weighted by Gasteiger charge is -2.28. The Labute approximate surface area is 164 Å². The fourth-order valence-corrected chi connectivity index (χ4v) is 3.98. The van der Waals surface area contributed by atoms with Gasteiger partial charge in [0.05, 0.1) is 6.61 Å². The Morgan fingerprint density at radius 2 is 1.86 bits per heavy atom. The summed E-state index contributed by atoms with van der Waals surface area (Å²) in [6, 6.07) is 5.63. The van der Waals surface area contributed by atoms with Crippen molar-refractivity contribution in [2.24, 2.45) is 11.8 Å². The molecule has 7 nitrogen and oxygen atoms in total. The van der Waals surface area contributed by atoms with Gasteiger partial charge in [-0.15, -0.1) is 0 Å². The van der Waals surface area contributed by atoms with Crippen molar-refractivity contribution in [3.05, 3.63) is 29.8 Å². The number of carbonyl (C=O) groups is 3. The number of anilines is 1. The molecular weight excluding hydrogens is 360 g/mol. The van der Waals surface area contributed by atoms with Gasteiger partial charge in [-0.2, -0.15) is 0 Å². The van der Waals surface area contributed by atoms with Gasteiger partial charge in [0.1, 0.15) is 6.04 Å². The summed E-state index contributed by atoms with van der Waals surface area (Å²) in [7, 11) is 0. The number of amides is 2. The van der Waals surface area contributed by atoms with Gasteiger partial charge in [0, 0.05) is 29.7 Å². The molecule has 28 heavy (non-hydrogen) atoms. The molecule has 2 unspecified atom stereocenters. The first-order chi connectivity index (χ1) is 13.5. The lowest BCUT2D eigenvalue weighted by atomic mass is 9.88. The summed E-state index contributed by atoms with van der Waals surface area (Å²) in [6.07, 6.45) is 6.60. The smallest absolute Gasteiger partial charge is 0.326 e. The van der Waals surface area contributed by atoms with Crippen LogP contribution < -0.4 is 10.6 Å². The molecule has 1 heterocycles. The third-order valence-electron chi connectivity index (χ3n) is 5.59. The highest BCUT2D eigenvalue weighted by Gasteiger charge is 2.31. The average molecular weight is 388 g/mol. The quantitative estimate of drug-likeness (QED) is 0.695. The molecule has 2 amide bonds. The molecule has 1 aliphatic heterocycles. The molecule has 1 aromatic rings. The van der Waals surface area contributed by atoms with Crippen LogP contribution in [0.4, 0.5) is 5.69 Å². The van der Waals surface area contributed by atoms with E-state index in [2.05, 4.69) is 10.6 Å². The SMILES string of the molecule is O=C(NC(C(=O)O)C1CCCOC1)c1cccc(NC(=O)C2CCCCC2)c1. The highest BCUT2D eigenvalue weighted by molar-refractivity contribution is 5.99. The molecule has 3 rings (SSSR count). The molecule has 0 radical (unpaired) electrons. The van der Waals surface area contributed by atoms with Gasteiger partial charge in [-0.05, 0) is 43.9 Å². The van der Waals surface area contributed by atoms with Crippen LogP contribution in [0.2, 0.25) is 0 Å². The minimum absolute atomic E-state index is 0.0139. The third kappa shape index (κ3) is 5.32. The maximum absolute atomic E-state index is 12.6. The minimum Gasteiger partial charge on any atom is -0.480 e. The van der Waals surface area contributed by atoms with Gasteiger partial charge >= 0.3 is 5.97 Å². The van der Waals surface area contributed by atoms with Crippen LogP contribution in [0.15, 0.2) is 24.3 Å². The van der Waals surface area contributed by atoms with Crippen LogP contribution in [0.25, 0.3) is 0 Å². The topological polar surface area (TPSA) is 105 Å². The van der Waals surface area contributed by atoms with E-state index in [-0.39, 0.29) is 17.7 Å². The van der Waals surface area contributed by atoms with Crippen molar-refractivity contribution in [2.45, 2.75) is 51.0 Å². The minimum atomic E-state index is -1.06. The second-order valence-electron chi connectivity index (χ2n) is 7.67. The van der Waals surface area contributed by atoms with E-state index in [9.17, 15) is 19.5 Å². The molecule has 2 aliphatic rings. The Bertz CT molecular complexity index is 709. The zero-order chi connectivity index (χ0) is 19.9. The van der Waals surface area contributed by atoms with Crippen molar-refractivity contribution in [1.29, 1.82) is 0 Å². The Balaban J connectivity index is 1.63. The largest absolute Gasteiger partial charge is 0.480 e. The number of carboxylic acid groups (broad SMARTS) is 1. The molecule has 2 fully saturated rings. The number of carboxylic acids is 1. The van der Waals surface area contributed by atoms with Crippen LogP contribution in [-0.2, 0) is 14.3 Å². The molecule has 0 spiro atoms. The third-order valence-corrected chi connectivity index (χ3v) is 5.59. The highest BCUT2D eigenvalue weighted by atomic mass is 16.5. The maximum atomic E-state index is 12.6. The van der Waals surface area contributed by atoms with Gasteiger partial charge < -0.3 is 20.5 Å². The van der Waals surface area contributed by atoms with E-state index in [0.717, 1.165) is 32.1 Å². The van der Waals surface area contributed by atoms with Crippen molar-refractivity contribution in [2.75, 3.05) is 18.5 Å². The van der Waals surface area contributed by atoms with E-state index in [0.29, 0.717) is 30.9 Å². The predicted molar refractivity (Wildman–Crippen MR) is 104 cm³/mol. The second kappa shape index (κ2) is 9.68. The van der Waals surface area contributed by atoms with E-state index >= 15 is 0 Å². The van der Waals surface area contributed by atoms with E-state index in [1.807, 2.05) is 0 Å². The first-order valence-corrected chi connectivity index (χ1v) is 10.1.